The summed E-state index contributed by atoms with van der Waals surface area (Å²) >= 11 is 12.1. The molecular weight excluding hydrogens is 449 g/mol. The Morgan fingerprint density at radius 1 is 1.07 bits per heavy atom. The first-order chi connectivity index (χ1) is 14.3. The van der Waals surface area contributed by atoms with Crippen LogP contribution >= 0.6 is 23.2 Å². The van der Waals surface area contributed by atoms with Gasteiger partial charge in [0.25, 0.3) is 0 Å². The minimum Gasteiger partial charge on any atom is -0.378 e. The number of likely N-dealkylation sites (tertiary alicyclic amines) is 1. The smallest absolute Gasteiger partial charge is 0.227 e. The molecule has 4 rings (SSSR count). The Kier molecular flexibility index (Phi) is 6.63. The molecule has 3 aliphatic rings. The number of ether oxygens (including phenoxy) is 1. The number of hydrogen-bond donors (Lipinski definition) is 0. The minimum absolute atomic E-state index is 0.00597. The van der Waals surface area contributed by atoms with E-state index in [1.54, 1.807) is 18.2 Å². The van der Waals surface area contributed by atoms with E-state index >= 15 is 0 Å². The lowest BCUT2D eigenvalue weighted by atomic mass is 9.92. The second-order valence-electron chi connectivity index (χ2n) is 8.29. The molecule has 0 aromatic heterocycles. The standard InChI is InChI=1S/C20H27Cl2N3O4S/c1-30(27,28)25-9-8-24(19(26)11-14-4-5-15(21)16(22)10-14)20-17(12-29-13-18(20)25)23-6-2-3-7-23/h4-5,10,17-18,20H,2-3,6-9,11-13H2,1H3/t17-,18+,20+/m1/s1. The highest BCUT2D eigenvalue weighted by atomic mass is 35.5. The van der Waals surface area contributed by atoms with Gasteiger partial charge in [-0.1, -0.05) is 29.3 Å². The molecule has 10 heteroatoms. The van der Waals surface area contributed by atoms with Crippen LogP contribution in [0.3, 0.4) is 0 Å². The fourth-order valence-electron chi connectivity index (χ4n) is 4.98. The van der Waals surface area contributed by atoms with Gasteiger partial charge in [0.1, 0.15) is 0 Å². The topological polar surface area (TPSA) is 70.2 Å². The number of hydrogen-bond acceptors (Lipinski definition) is 5. The molecule has 1 amide bonds. The van der Waals surface area contributed by atoms with Gasteiger partial charge in [-0.15, -0.1) is 0 Å². The second-order valence-corrected chi connectivity index (χ2v) is 11.0. The molecule has 3 fully saturated rings. The van der Waals surface area contributed by atoms with E-state index in [4.69, 9.17) is 27.9 Å². The van der Waals surface area contributed by atoms with Gasteiger partial charge < -0.3 is 9.64 Å². The molecule has 1 aromatic rings. The number of benzene rings is 1. The Bertz CT molecular complexity index is 907. The molecule has 0 spiro atoms. The number of fused-ring (bicyclic) bond motifs is 1. The molecule has 0 bridgehead atoms. The van der Waals surface area contributed by atoms with Gasteiger partial charge >= 0.3 is 0 Å². The van der Waals surface area contributed by atoms with Crippen LogP contribution in [0.1, 0.15) is 18.4 Å². The van der Waals surface area contributed by atoms with Crippen molar-refractivity contribution >= 4 is 39.1 Å². The quantitative estimate of drug-likeness (QED) is 0.664. The molecule has 3 atom stereocenters. The number of piperazine rings is 1. The van der Waals surface area contributed by atoms with Gasteiger partial charge in [0.05, 0.1) is 54.1 Å². The van der Waals surface area contributed by atoms with Crippen molar-refractivity contribution < 1.29 is 17.9 Å². The summed E-state index contributed by atoms with van der Waals surface area (Å²) in [7, 11) is -3.40. The molecule has 0 radical (unpaired) electrons. The number of nitrogens with zero attached hydrogens (tertiary/aromatic N) is 3. The minimum atomic E-state index is -3.40. The zero-order valence-electron chi connectivity index (χ0n) is 17.0. The van der Waals surface area contributed by atoms with E-state index in [0.717, 1.165) is 31.5 Å². The first-order valence-electron chi connectivity index (χ1n) is 10.3. The van der Waals surface area contributed by atoms with Gasteiger partial charge in [-0.2, -0.15) is 4.31 Å². The lowest BCUT2D eigenvalue weighted by Crippen LogP contribution is -2.72. The van der Waals surface area contributed by atoms with Crippen molar-refractivity contribution in [3.8, 4) is 0 Å². The van der Waals surface area contributed by atoms with Crippen molar-refractivity contribution in [2.45, 2.75) is 37.4 Å². The Labute approximate surface area is 187 Å². The van der Waals surface area contributed by atoms with E-state index in [9.17, 15) is 13.2 Å². The second kappa shape index (κ2) is 8.92. The fraction of sp³-hybridized carbons (Fsp3) is 0.650. The van der Waals surface area contributed by atoms with Gasteiger partial charge in [0, 0.05) is 13.1 Å². The van der Waals surface area contributed by atoms with E-state index in [1.807, 2.05) is 4.90 Å². The van der Waals surface area contributed by atoms with Gasteiger partial charge in [-0.3, -0.25) is 9.69 Å². The van der Waals surface area contributed by atoms with E-state index < -0.39 is 10.0 Å². The molecule has 0 aliphatic carbocycles. The highest BCUT2D eigenvalue weighted by molar-refractivity contribution is 7.88. The van der Waals surface area contributed by atoms with Gasteiger partial charge in [0.15, 0.2) is 0 Å². The van der Waals surface area contributed by atoms with Crippen LogP contribution in [0.2, 0.25) is 10.0 Å². The summed E-state index contributed by atoms with van der Waals surface area (Å²) in [6.45, 7) is 3.37. The molecule has 0 N–H and O–H groups in total. The largest absolute Gasteiger partial charge is 0.378 e. The van der Waals surface area contributed by atoms with Crippen LogP contribution in [-0.2, 0) is 26.0 Å². The average molecular weight is 476 g/mol. The Hall–Kier alpha value is -0.900. The molecule has 7 nitrogen and oxygen atoms in total. The van der Waals surface area contributed by atoms with Crippen LogP contribution in [0.25, 0.3) is 0 Å². The number of carbonyl (C=O) groups excluding carboxylic acids is 1. The van der Waals surface area contributed by atoms with Gasteiger partial charge in [-0.05, 0) is 43.6 Å². The fourth-order valence-corrected chi connectivity index (χ4v) is 6.39. The maximum Gasteiger partial charge on any atom is 0.227 e. The molecule has 166 valence electrons. The van der Waals surface area contributed by atoms with E-state index in [1.165, 1.54) is 10.6 Å². The Balaban J connectivity index is 1.62. The van der Waals surface area contributed by atoms with Gasteiger partial charge in [0.2, 0.25) is 15.9 Å². The lowest BCUT2D eigenvalue weighted by Gasteiger charge is -2.53. The van der Waals surface area contributed by atoms with Crippen LogP contribution < -0.4 is 0 Å². The number of halogens is 2. The number of sulfonamides is 1. The highest BCUT2D eigenvalue weighted by Gasteiger charge is 2.50. The third-order valence-electron chi connectivity index (χ3n) is 6.35. The molecular formula is C20H27Cl2N3O4S. The van der Waals surface area contributed by atoms with Crippen molar-refractivity contribution in [1.29, 1.82) is 0 Å². The predicted molar refractivity (Wildman–Crippen MR) is 116 cm³/mol. The van der Waals surface area contributed by atoms with Crippen molar-refractivity contribution in [2.24, 2.45) is 0 Å². The summed E-state index contributed by atoms with van der Waals surface area (Å²) in [5.41, 5.74) is 0.793. The zero-order valence-corrected chi connectivity index (χ0v) is 19.3. The lowest BCUT2D eigenvalue weighted by molar-refractivity contribution is -0.147. The van der Waals surface area contributed by atoms with Crippen molar-refractivity contribution in [3.63, 3.8) is 0 Å². The summed E-state index contributed by atoms with van der Waals surface area (Å²) in [5.74, 6) is -0.0253. The van der Waals surface area contributed by atoms with E-state index in [0.29, 0.717) is 29.8 Å². The van der Waals surface area contributed by atoms with Crippen LogP contribution in [-0.4, -0.2) is 92.2 Å². The van der Waals surface area contributed by atoms with Crippen molar-refractivity contribution in [1.82, 2.24) is 14.1 Å². The first kappa shape index (κ1) is 22.3. The highest BCUT2D eigenvalue weighted by Crippen LogP contribution is 2.31. The van der Waals surface area contributed by atoms with Crippen LogP contribution in [0.5, 0.6) is 0 Å². The number of carbonyl (C=O) groups is 1. The van der Waals surface area contributed by atoms with Crippen LogP contribution in [0.4, 0.5) is 0 Å². The molecule has 30 heavy (non-hydrogen) atoms. The van der Waals surface area contributed by atoms with Crippen LogP contribution in [0.15, 0.2) is 18.2 Å². The third kappa shape index (κ3) is 4.49. The van der Waals surface area contributed by atoms with E-state index in [-0.39, 0.29) is 37.0 Å². The van der Waals surface area contributed by atoms with Crippen molar-refractivity contribution in [3.05, 3.63) is 33.8 Å². The summed E-state index contributed by atoms with van der Waals surface area (Å²) in [6.07, 6.45) is 3.66. The molecule has 3 heterocycles. The average Bonchev–Trinajstić information content (AvgIpc) is 3.23. The first-order valence-corrected chi connectivity index (χ1v) is 12.9. The Morgan fingerprint density at radius 2 is 1.77 bits per heavy atom. The maximum atomic E-state index is 13.4. The SMILES string of the molecule is CS(=O)(=O)N1CCN(C(=O)Cc2ccc(Cl)c(Cl)c2)[C@H]2[C@H](N3CCCC3)COC[C@@H]21. The molecule has 0 unspecified atom stereocenters. The maximum absolute atomic E-state index is 13.4. The van der Waals surface area contributed by atoms with Crippen LogP contribution in [0, 0.1) is 0 Å². The summed E-state index contributed by atoms with van der Waals surface area (Å²) in [5, 5.41) is 0.871. The zero-order chi connectivity index (χ0) is 21.5. The van der Waals surface area contributed by atoms with E-state index in [2.05, 4.69) is 4.90 Å². The Morgan fingerprint density at radius 3 is 2.43 bits per heavy atom. The molecule has 3 saturated heterocycles. The molecule has 3 aliphatic heterocycles. The molecule has 1 aromatic carbocycles. The number of rotatable bonds is 4. The number of amides is 1. The predicted octanol–water partition coefficient (Wildman–Crippen LogP) is 1.87. The summed E-state index contributed by atoms with van der Waals surface area (Å²) in [6, 6.07) is 4.61. The monoisotopic (exact) mass is 475 g/mol. The summed E-state index contributed by atoms with van der Waals surface area (Å²) in [4.78, 5) is 17.6. The third-order valence-corrected chi connectivity index (χ3v) is 8.40. The van der Waals surface area contributed by atoms with Gasteiger partial charge in [-0.25, -0.2) is 8.42 Å². The summed E-state index contributed by atoms with van der Waals surface area (Å²) < 4.78 is 32.2. The van der Waals surface area contributed by atoms with Crippen molar-refractivity contribution in [2.75, 3.05) is 45.6 Å². The normalized spacial score (nSPS) is 28.5. The molecule has 0 saturated carbocycles.